The van der Waals surface area contributed by atoms with Crippen LogP contribution in [0.15, 0.2) is 18.3 Å². The third kappa shape index (κ3) is 4.33. The van der Waals surface area contributed by atoms with Crippen LogP contribution in [-0.4, -0.2) is 35.8 Å². The molecule has 0 aliphatic carbocycles. The highest BCUT2D eigenvalue weighted by molar-refractivity contribution is 5.94. The van der Waals surface area contributed by atoms with Crippen molar-refractivity contribution in [2.75, 3.05) is 13.7 Å². The summed E-state index contributed by atoms with van der Waals surface area (Å²) >= 11 is 0. The molecule has 1 atom stereocenters. The smallest absolute Gasteiger partial charge is 0.253 e. The predicted octanol–water partition coefficient (Wildman–Crippen LogP) is 1.23. The number of amides is 1. The molecule has 1 rings (SSSR count). The molecular weight excluding hydrogens is 232 g/mol. The number of pyridine rings is 1. The second-order valence-electron chi connectivity index (χ2n) is 4.57. The van der Waals surface area contributed by atoms with Gasteiger partial charge in [-0.1, -0.05) is 13.8 Å². The highest BCUT2D eigenvalue weighted by Crippen LogP contribution is 2.08. The number of hydrogen-bond donors (Lipinski definition) is 2. The van der Waals surface area contributed by atoms with Gasteiger partial charge in [0.25, 0.3) is 5.91 Å². The highest BCUT2D eigenvalue weighted by atomic mass is 16.5. The molecule has 0 aromatic carbocycles. The number of hydrogen-bond acceptors (Lipinski definition) is 4. The lowest BCUT2D eigenvalue weighted by molar-refractivity contribution is 0.0908. The fraction of sp³-hybridized carbons (Fsp3) is 0.538. The van der Waals surface area contributed by atoms with Gasteiger partial charge in [0.2, 0.25) is 5.88 Å². The van der Waals surface area contributed by atoms with Crippen LogP contribution in [0.1, 0.15) is 30.6 Å². The van der Waals surface area contributed by atoms with Crippen LogP contribution in [0, 0.1) is 5.92 Å². The lowest BCUT2D eigenvalue weighted by atomic mass is 10.0. The summed E-state index contributed by atoms with van der Waals surface area (Å²) in [6.07, 6.45) is 2.20. The Labute approximate surface area is 107 Å². The Morgan fingerprint density at radius 2 is 2.22 bits per heavy atom. The molecule has 5 heteroatoms. The van der Waals surface area contributed by atoms with Gasteiger partial charge in [-0.05, 0) is 18.4 Å². The maximum absolute atomic E-state index is 11.9. The molecule has 1 aromatic heterocycles. The molecule has 0 spiro atoms. The fourth-order valence-electron chi connectivity index (χ4n) is 1.65. The van der Waals surface area contributed by atoms with E-state index in [4.69, 9.17) is 4.74 Å². The van der Waals surface area contributed by atoms with Gasteiger partial charge in [0.1, 0.15) is 0 Å². The van der Waals surface area contributed by atoms with Crippen molar-refractivity contribution in [1.29, 1.82) is 0 Å². The van der Waals surface area contributed by atoms with Crippen LogP contribution in [0.5, 0.6) is 5.88 Å². The average molecular weight is 252 g/mol. The molecular formula is C13H20N2O3. The standard InChI is InChI=1S/C13H20N2O3/c1-9(2)6-11(8-16)15-13(17)10-4-5-12(18-3)14-7-10/h4-5,7,9,11,16H,6,8H2,1-3H3,(H,15,17). The van der Waals surface area contributed by atoms with Crippen molar-refractivity contribution in [3.05, 3.63) is 23.9 Å². The lowest BCUT2D eigenvalue weighted by Gasteiger charge is -2.18. The van der Waals surface area contributed by atoms with Gasteiger partial charge in [0.05, 0.1) is 25.3 Å². The van der Waals surface area contributed by atoms with E-state index >= 15 is 0 Å². The predicted molar refractivity (Wildman–Crippen MR) is 68.6 cm³/mol. The fourth-order valence-corrected chi connectivity index (χ4v) is 1.65. The summed E-state index contributed by atoms with van der Waals surface area (Å²) in [5.74, 6) is 0.647. The summed E-state index contributed by atoms with van der Waals surface area (Å²) in [7, 11) is 1.52. The van der Waals surface area contributed by atoms with E-state index in [9.17, 15) is 9.90 Å². The molecule has 5 nitrogen and oxygen atoms in total. The zero-order valence-corrected chi connectivity index (χ0v) is 11.0. The maximum Gasteiger partial charge on any atom is 0.253 e. The van der Waals surface area contributed by atoms with E-state index in [0.29, 0.717) is 17.4 Å². The molecule has 0 saturated carbocycles. The summed E-state index contributed by atoms with van der Waals surface area (Å²) in [5.41, 5.74) is 0.456. The van der Waals surface area contributed by atoms with Crippen LogP contribution in [0.4, 0.5) is 0 Å². The van der Waals surface area contributed by atoms with Gasteiger partial charge in [0, 0.05) is 12.3 Å². The van der Waals surface area contributed by atoms with Crippen LogP contribution in [0.3, 0.4) is 0 Å². The summed E-state index contributed by atoms with van der Waals surface area (Å²) in [4.78, 5) is 15.9. The van der Waals surface area contributed by atoms with Gasteiger partial charge in [-0.15, -0.1) is 0 Å². The Morgan fingerprint density at radius 1 is 1.50 bits per heavy atom. The van der Waals surface area contributed by atoms with Gasteiger partial charge in [-0.3, -0.25) is 4.79 Å². The Morgan fingerprint density at radius 3 is 2.67 bits per heavy atom. The number of carbonyl (C=O) groups is 1. The van der Waals surface area contributed by atoms with Crippen molar-refractivity contribution in [3.63, 3.8) is 0 Å². The summed E-state index contributed by atoms with van der Waals surface area (Å²) in [5, 5.41) is 12.0. The molecule has 0 aliphatic rings. The quantitative estimate of drug-likeness (QED) is 0.798. The van der Waals surface area contributed by atoms with Crippen molar-refractivity contribution in [2.45, 2.75) is 26.3 Å². The summed E-state index contributed by atoms with van der Waals surface area (Å²) < 4.78 is 4.92. The van der Waals surface area contributed by atoms with E-state index < -0.39 is 0 Å². The molecule has 0 bridgehead atoms. The first kappa shape index (κ1) is 14.4. The van der Waals surface area contributed by atoms with Gasteiger partial charge in [-0.2, -0.15) is 0 Å². The minimum Gasteiger partial charge on any atom is -0.481 e. The van der Waals surface area contributed by atoms with Crippen LogP contribution in [0.25, 0.3) is 0 Å². The minimum absolute atomic E-state index is 0.0620. The summed E-state index contributed by atoms with van der Waals surface area (Å²) in [6.45, 7) is 4.03. The molecule has 18 heavy (non-hydrogen) atoms. The SMILES string of the molecule is COc1ccc(C(=O)NC(CO)CC(C)C)cn1. The van der Waals surface area contributed by atoms with Gasteiger partial charge in [-0.25, -0.2) is 4.98 Å². The number of aliphatic hydroxyl groups is 1. The Hall–Kier alpha value is -1.62. The molecule has 0 fully saturated rings. The molecule has 100 valence electrons. The first-order valence-corrected chi connectivity index (χ1v) is 5.98. The zero-order chi connectivity index (χ0) is 13.5. The second kappa shape index (κ2) is 6.96. The molecule has 1 amide bonds. The van der Waals surface area contributed by atoms with Crippen LogP contribution in [0.2, 0.25) is 0 Å². The molecule has 0 saturated heterocycles. The number of nitrogens with zero attached hydrogens (tertiary/aromatic N) is 1. The molecule has 1 heterocycles. The number of nitrogens with one attached hydrogen (secondary N) is 1. The average Bonchev–Trinajstić information content (AvgIpc) is 2.37. The van der Waals surface area contributed by atoms with Gasteiger partial charge < -0.3 is 15.2 Å². The molecule has 2 N–H and O–H groups in total. The van der Waals surface area contributed by atoms with Crippen LogP contribution < -0.4 is 10.1 Å². The zero-order valence-electron chi connectivity index (χ0n) is 11.0. The Balaban J connectivity index is 2.62. The van der Waals surface area contributed by atoms with E-state index in [1.165, 1.54) is 13.3 Å². The summed E-state index contributed by atoms with van der Waals surface area (Å²) in [6, 6.07) is 3.05. The molecule has 0 radical (unpaired) electrons. The molecule has 1 unspecified atom stereocenters. The second-order valence-corrected chi connectivity index (χ2v) is 4.57. The third-order valence-corrected chi connectivity index (χ3v) is 2.52. The van der Waals surface area contributed by atoms with Crippen LogP contribution >= 0.6 is 0 Å². The lowest BCUT2D eigenvalue weighted by Crippen LogP contribution is -2.38. The number of methoxy groups -OCH3 is 1. The normalized spacial score (nSPS) is 12.3. The topological polar surface area (TPSA) is 71.5 Å². The third-order valence-electron chi connectivity index (χ3n) is 2.52. The number of aromatic nitrogens is 1. The van der Waals surface area contributed by atoms with Crippen molar-refractivity contribution in [2.24, 2.45) is 5.92 Å². The van der Waals surface area contributed by atoms with E-state index in [-0.39, 0.29) is 18.6 Å². The van der Waals surface area contributed by atoms with Gasteiger partial charge in [0.15, 0.2) is 0 Å². The maximum atomic E-state index is 11.9. The monoisotopic (exact) mass is 252 g/mol. The van der Waals surface area contributed by atoms with E-state index in [2.05, 4.69) is 10.3 Å². The number of aliphatic hydroxyl groups excluding tert-OH is 1. The van der Waals surface area contributed by atoms with Crippen LogP contribution in [-0.2, 0) is 0 Å². The first-order chi connectivity index (χ1) is 8.56. The van der Waals surface area contributed by atoms with E-state index in [0.717, 1.165) is 6.42 Å². The molecule has 0 aliphatic heterocycles. The Kier molecular flexibility index (Phi) is 5.58. The highest BCUT2D eigenvalue weighted by Gasteiger charge is 2.14. The number of carbonyl (C=O) groups excluding carboxylic acids is 1. The number of ether oxygens (including phenoxy) is 1. The largest absolute Gasteiger partial charge is 0.481 e. The minimum atomic E-state index is -0.232. The van der Waals surface area contributed by atoms with Crippen molar-refractivity contribution < 1.29 is 14.6 Å². The first-order valence-electron chi connectivity index (χ1n) is 5.98. The number of rotatable bonds is 6. The van der Waals surface area contributed by atoms with Crippen molar-refractivity contribution >= 4 is 5.91 Å². The molecule has 1 aromatic rings. The Bertz CT molecular complexity index is 376. The van der Waals surface area contributed by atoms with E-state index in [1.54, 1.807) is 12.1 Å². The van der Waals surface area contributed by atoms with Crippen molar-refractivity contribution in [1.82, 2.24) is 10.3 Å². The van der Waals surface area contributed by atoms with Crippen molar-refractivity contribution in [3.8, 4) is 5.88 Å². The van der Waals surface area contributed by atoms with Gasteiger partial charge >= 0.3 is 0 Å². The van der Waals surface area contributed by atoms with E-state index in [1.807, 2.05) is 13.8 Å².